The third-order valence-corrected chi connectivity index (χ3v) is 5.14. The summed E-state index contributed by atoms with van der Waals surface area (Å²) in [5.74, 6) is -0.460. The molecule has 0 spiro atoms. The Morgan fingerprint density at radius 2 is 1.96 bits per heavy atom. The maximum Gasteiger partial charge on any atom is 0.303 e. The number of carbonyl (C=O) groups is 3. The Kier molecular flexibility index (Phi) is 6.02. The van der Waals surface area contributed by atoms with Crippen LogP contribution in [0.3, 0.4) is 0 Å². The molecule has 1 heterocycles. The fourth-order valence-electron chi connectivity index (χ4n) is 3.59. The molecule has 2 aliphatic rings. The van der Waals surface area contributed by atoms with Crippen LogP contribution in [0.15, 0.2) is 0 Å². The number of carboxylic acids is 1. The molecule has 6 nitrogen and oxygen atoms in total. The lowest BCUT2D eigenvalue weighted by Crippen LogP contribution is -2.41. The molecule has 0 radical (unpaired) electrons. The zero-order valence-corrected chi connectivity index (χ0v) is 14.1. The first-order valence-electron chi connectivity index (χ1n) is 8.68. The zero-order chi connectivity index (χ0) is 17.0. The smallest absolute Gasteiger partial charge is 0.303 e. The van der Waals surface area contributed by atoms with Crippen molar-refractivity contribution in [1.29, 1.82) is 0 Å². The minimum absolute atomic E-state index is 0.0391. The maximum atomic E-state index is 12.3. The first kappa shape index (κ1) is 17.8. The summed E-state index contributed by atoms with van der Waals surface area (Å²) < 4.78 is 0. The lowest BCUT2D eigenvalue weighted by molar-refractivity contribution is -0.137. The summed E-state index contributed by atoms with van der Waals surface area (Å²) in [7, 11) is 0. The highest BCUT2D eigenvalue weighted by Crippen LogP contribution is 2.31. The van der Waals surface area contributed by atoms with Gasteiger partial charge in [-0.2, -0.15) is 0 Å². The summed E-state index contributed by atoms with van der Waals surface area (Å²) in [4.78, 5) is 37.0. The van der Waals surface area contributed by atoms with Crippen molar-refractivity contribution in [3.63, 3.8) is 0 Å². The number of likely N-dealkylation sites (tertiary alicyclic amines) is 1. The standard InChI is InChI=1S/C17H28N2O4/c1-11-3-6-14(7-4-11)19-10-13(9-15(19)20)17(23)18-12(2)5-8-16(21)22/h11-14H,3-10H2,1-2H3,(H,18,23)(H,21,22). The highest BCUT2D eigenvalue weighted by atomic mass is 16.4. The van der Waals surface area contributed by atoms with E-state index in [-0.39, 0.29) is 36.6 Å². The first-order valence-corrected chi connectivity index (χ1v) is 8.68. The van der Waals surface area contributed by atoms with Gasteiger partial charge in [0.15, 0.2) is 0 Å². The Morgan fingerprint density at radius 1 is 1.30 bits per heavy atom. The van der Waals surface area contributed by atoms with E-state index >= 15 is 0 Å². The molecule has 1 aliphatic carbocycles. The number of carboxylic acid groups (broad SMARTS) is 1. The lowest BCUT2D eigenvalue weighted by Gasteiger charge is -2.33. The summed E-state index contributed by atoms with van der Waals surface area (Å²) in [6.07, 6.45) is 5.11. The van der Waals surface area contributed by atoms with E-state index in [9.17, 15) is 14.4 Å². The largest absolute Gasteiger partial charge is 0.481 e. The molecule has 2 unspecified atom stereocenters. The van der Waals surface area contributed by atoms with E-state index in [1.165, 1.54) is 0 Å². The molecule has 2 rings (SSSR count). The highest BCUT2D eigenvalue weighted by Gasteiger charge is 2.38. The monoisotopic (exact) mass is 324 g/mol. The van der Waals surface area contributed by atoms with E-state index in [0.717, 1.165) is 31.6 Å². The molecule has 0 aromatic carbocycles. The van der Waals surface area contributed by atoms with Gasteiger partial charge < -0.3 is 15.3 Å². The number of rotatable bonds is 6. The summed E-state index contributed by atoms with van der Waals surface area (Å²) >= 11 is 0. The van der Waals surface area contributed by atoms with Crippen LogP contribution in [-0.4, -0.2) is 46.4 Å². The Hall–Kier alpha value is -1.59. The second-order valence-corrected chi connectivity index (χ2v) is 7.20. The summed E-state index contributed by atoms with van der Waals surface area (Å²) in [6.45, 7) is 4.56. The van der Waals surface area contributed by atoms with Crippen molar-refractivity contribution in [3.8, 4) is 0 Å². The number of nitrogens with one attached hydrogen (secondary N) is 1. The molecule has 2 amide bonds. The normalized spacial score (nSPS) is 29.4. The zero-order valence-electron chi connectivity index (χ0n) is 14.1. The van der Waals surface area contributed by atoms with Gasteiger partial charge in [0.1, 0.15) is 0 Å². The van der Waals surface area contributed by atoms with Crippen LogP contribution in [0.5, 0.6) is 0 Å². The van der Waals surface area contributed by atoms with E-state index in [1.807, 2.05) is 4.90 Å². The number of nitrogens with zero attached hydrogens (tertiary/aromatic N) is 1. The second kappa shape index (κ2) is 7.79. The third kappa shape index (κ3) is 4.94. The molecule has 1 aliphatic heterocycles. The van der Waals surface area contributed by atoms with Gasteiger partial charge in [0, 0.05) is 31.5 Å². The predicted octanol–water partition coefficient (Wildman–Crippen LogP) is 1.78. The van der Waals surface area contributed by atoms with Crippen molar-refractivity contribution < 1.29 is 19.5 Å². The molecule has 2 atom stereocenters. The molecule has 130 valence electrons. The van der Waals surface area contributed by atoms with E-state index in [4.69, 9.17) is 5.11 Å². The summed E-state index contributed by atoms with van der Waals surface area (Å²) in [6, 6.07) is 0.110. The van der Waals surface area contributed by atoms with Gasteiger partial charge in [0.25, 0.3) is 0 Å². The molecule has 1 saturated carbocycles. The van der Waals surface area contributed by atoms with Gasteiger partial charge in [-0.25, -0.2) is 0 Å². The second-order valence-electron chi connectivity index (χ2n) is 7.20. The van der Waals surface area contributed by atoms with Crippen LogP contribution in [0.2, 0.25) is 0 Å². The van der Waals surface area contributed by atoms with Crippen molar-refractivity contribution in [2.45, 2.75) is 70.9 Å². The van der Waals surface area contributed by atoms with Crippen LogP contribution in [0.1, 0.15) is 58.8 Å². The van der Waals surface area contributed by atoms with Crippen LogP contribution in [-0.2, 0) is 14.4 Å². The number of hydrogen-bond donors (Lipinski definition) is 2. The van der Waals surface area contributed by atoms with Crippen LogP contribution in [0, 0.1) is 11.8 Å². The van der Waals surface area contributed by atoms with Gasteiger partial charge in [0.05, 0.1) is 5.92 Å². The Labute approximate surface area is 137 Å². The molecule has 1 saturated heterocycles. The van der Waals surface area contributed by atoms with Crippen LogP contribution in [0.25, 0.3) is 0 Å². The van der Waals surface area contributed by atoms with Gasteiger partial charge >= 0.3 is 5.97 Å². The lowest BCUT2D eigenvalue weighted by atomic mass is 9.87. The molecule has 2 fully saturated rings. The van der Waals surface area contributed by atoms with E-state index in [0.29, 0.717) is 19.0 Å². The van der Waals surface area contributed by atoms with E-state index < -0.39 is 5.97 Å². The Morgan fingerprint density at radius 3 is 2.57 bits per heavy atom. The summed E-state index contributed by atoms with van der Waals surface area (Å²) in [5, 5.41) is 11.5. The van der Waals surface area contributed by atoms with Gasteiger partial charge in [-0.3, -0.25) is 14.4 Å². The maximum absolute atomic E-state index is 12.3. The van der Waals surface area contributed by atoms with Crippen molar-refractivity contribution >= 4 is 17.8 Å². The number of amides is 2. The van der Waals surface area contributed by atoms with Gasteiger partial charge in [-0.05, 0) is 44.9 Å². The molecule has 0 bridgehead atoms. The summed E-state index contributed by atoms with van der Waals surface area (Å²) in [5.41, 5.74) is 0. The SMILES string of the molecule is CC1CCC(N2CC(C(=O)NC(C)CCC(=O)O)CC2=O)CC1. The fourth-order valence-corrected chi connectivity index (χ4v) is 3.59. The molecule has 23 heavy (non-hydrogen) atoms. The molecule has 6 heteroatoms. The van der Waals surface area contributed by atoms with Crippen molar-refractivity contribution in [2.75, 3.05) is 6.54 Å². The quantitative estimate of drug-likeness (QED) is 0.780. The molecular weight excluding hydrogens is 296 g/mol. The van der Waals surface area contributed by atoms with Crippen molar-refractivity contribution in [3.05, 3.63) is 0 Å². The highest BCUT2D eigenvalue weighted by molar-refractivity contribution is 5.89. The number of carbonyl (C=O) groups excluding carboxylic acids is 2. The van der Waals surface area contributed by atoms with Gasteiger partial charge in [-0.15, -0.1) is 0 Å². The minimum Gasteiger partial charge on any atom is -0.481 e. The van der Waals surface area contributed by atoms with Crippen molar-refractivity contribution in [2.24, 2.45) is 11.8 Å². The topological polar surface area (TPSA) is 86.7 Å². The average Bonchev–Trinajstić information content (AvgIpc) is 2.88. The van der Waals surface area contributed by atoms with Gasteiger partial charge in [-0.1, -0.05) is 6.92 Å². The van der Waals surface area contributed by atoms with Crippen LogP contribution >= 0.6 is 0 Å². The van der Waals surface area contributed by atoms with Gasteiger partial charge in [0.2, 0.25) is 11.8 Å². The Bertz CT molecular complexity index is 458. The van der Waals surface area contributed by atoms with E-state index in [2.05, 4.69) is 12.2 Å². The van der Waals surface area contributed by atoms with E-state index in [1.54, 1.807) is 6.92 Å². The van der Waals surface area contributed by atoms with Crippen LogP contribution in [0.4, 0.5) is 0 Å². The first-order chi connectivity index (χ1) is 10.9. The minimum atomic E-state index is -0.861. The predicted molar refractivity (Wildman–Crippen MR) is 85.7 cm³/mol. The van der Waals surface area contributed by atoms with Crippen LogP contribution < -0.4 is 5.32 Å². The fraction of sp³-hybridized carbons (Fsp3) is 0.824. The molecule has 0 aromatic rings. The molecule has 0 aromatic heterocycles. The number of aliphatic carboxylic acids is 1. The molecular formula is C17H28N2O4. The third-order valence-electron chi connectivity index (χ3n) is 5.14. The van der Waals surface area contributed by atoms with Crippen molar-refractivity contribution in [1.82, 2.24) is 10.2 Å². The Balaban J connectivity index is 1.81. The average molecular weight is 324 g/mol. The number of hydrogen-bond acceptors (Lipinski definition) is 3. The molecule has 2 N–H and O–H groups in total.